The Bertz CT molecular complexity index is 943. The lowest BCUT2D eigenvalue weighted by atomic mass is 10.1. The van der Waals surface area contributed by atoms with Crippen LogP contribution in [0.3, 0.4) is 0 Å². The molecule has 6 N–H and O–H groups in total. The van der Waals surface area contributed by atoms with E-state index in [4.69, 9.17) is 15.2 Å². The Labute approximate surface area is 232 Å². The number of nitrogens with two attached hydrogens (primary N) is 1. The highest BCUT2D eigenvalue weighted by atomic mass is 16.5. The zero-order valence-electron chi connectivity index (χ0n) is 23.3. The van der Waals surface area contributed by atoms with Crippen molar-refractivity contribution in [3.05, 3.63) is 42.5 Å². The lowest BCUT2D eigenvalue weighted by Gasteiger charge is -2.11. The van der Waals surface area contributed by atoms with Crippen molar-refractivity contribution in [1.82, 2.24) is 20.3 Å². The van der Waals surface area contributed by atoms with Gasteiger partial charge in [0.15, 0.2) is 0 Å². The van der Waals surface area contributed by atoms with E-state index >= 15 is 0 Å². The summed E-state index contributed by atoms with van der Waals surface area (Å²) in [5.41, 5.74) is 7.07. The fourth-order valence-corrected chi connectivity index (χ4v) is 3.61. The number of hydrogen-bond donors (Lipinski definition) is 5. The quantitative estimate of drug-likeness (QED) is 0.104. The summed E-state index contributed by atoms with van der Waals surface area (Å²) in [5.74, 6) is 1.36. The van der Waals surface area contributed by atoms with Crippen molar-refractivity contribution in [1.29, 1.82) is 0 Å². The van der Waals surface area contributed by atoms with Gasteiger partial charge in [-0.05, 0) is 24.1 Å². The molecule has 2 rings (SSSR count). The Morgan fingerprint density at radius 1 is 0.872 bits per heavy atom. The van der Waals surface area contributed by atoms with E-state index in [1.807, 2.05) is 24.3 Å². The first kappa shape index (κ1) is 31.9. The molecular formula is C28H46N8O3. The lowest BCUT2D eigenvalue weighted by Crippen LogP contribution is -2.29. The molecule has 0 aliphatic rings. The lowest BCUT2D eigenvalue weighted by molar-refractivity contribution is -0.120. The third-order valence-electron chi connectivity index (χ3n) is 5.63. The van der Waals surface area contributed by atoms with Gasteiger partial charge in [0.2, 0.25) is 23.8 Å². The molecule has 216 valence electrons. The molecule has 39 heavy (non-hydrogen) atoms. The van der Waals surface area contributed by atoms with Crippen molar-refractivity contribution in [2.45, 2.75) is 51.9 Å². The summed E-state index contributed by atoms with van der Waals surface area (Å²) in [6, 6.07) is 7.61. The molecule has 0 bridgehead atoms. The molecule has 1 heterocycles. The summed E-state index contributed by atoms with van der Waals surface area (Å²) >= 11 is 0. The predicted octanol–water partition coefficient (Wildman–Crippen LogP) is 3.64. The molecular weight excluding hydrogens is 496 g/mol. The number of carbonyl (C=O) groups excluding carboxylic acids is 1. The minimum Gasteiger partial charge on any atom is -0.378 e. The van der Waals surface area contributed by atoms with Crippen LogP contribution in [0.25, 0.3) is 0 Å². The number of ether oxygens (including phenoxy) is 2. The van der Waals surface area contributed by atoms with Crippen LogP contribution in [0.15, 0.2) is 36.9 Å². The number of nitrogens with zero attached hydrogens (tertiary/aromatic N) is 3. The Morgan fingerprint density at radius 3 is 2.26 bits per heavy atom. The highest BCUT2D eigenvalue weighted by molar-refractivity contribution is 5.78. The summed E-state index contributed by atoms with van der Waals surface area (Å²) < 4.78 is 10.7. The number of unbranched alkanes of at least 4 members (excludes halogenated alkanes) is 5. The molecule has 0 radical (unpaired) electrons. The van der Waals surface area contributed by atoms with Crippen LogP contribution in [0.1, 0.15) is 51.0 Å². The van der Waals surface area contributed by atoms with E-state index in [9.17, 15) is 4.79 Å². The molecule has 2 aromatic rings. The molecule has 1 aromatic heterocycles. The first-order valence-electron chi connectivity index (χ1n) is 14.0. The highest BCUT2D eigenvalue weighted by Gasteiger charge is 2.08. The van der Waals surface area contributed by atoms with E-state index in [1.54, 1.807) is 6.08 Å². The second-order valence-corrected chi connectivity index (χ2v) is 9.03. The largest absolute Gasteiger partial charge is 0.378 e. The van der Waals surface area contributed by atoms with Gasteiger partial charge in [-0.25, -0.2) is 0 Å². The average Bonchev–Trinajstić information content (AvgIpc) is 2.94. The van der Waals surface area contributed by atoms with E-state index in [1.165, 1.54) is 32.1 Å². The van der Waals surface area contributed by atoms with E-state index in [-0.39, 0.29) is 12.3 Å². The maximum atomic E-state index is 12.2. The number of benzene rings is 1. The topological polar surface area (TPSA) is 148 Å². The maximum Gasteiger partial charge on any atom is 0.233 e. The molecule has 0 aliphatic carbocycles. The van der Waals surface area contributed by atoms with Gasteiger partial charge in [-0.3, -0.25) is 4.79 Å². The van der Waals surface area contributed by atoms with Gasteiger partial charge in [0.1, 0.15) is 0 Å². The first-order chi connectivity index (χ1) is 19.1. The van der Waals surface area contributed by atoms with Crippen molar-refractivity contribution in [2.24, 2.45) is 5.73 Å². The minimum atomic E-state index is -0.0600. The number of anilines is 4. The van der Waals surface area contributed by atoms with E-state index < -0.39 is 0 Å². The van der Waals surface area contributed by atoms with Gasteiger partial charge >= 0.3 is 0 Å². The van der Waals surface area contributed by atoms with Gasteiger partial charge in [-0.1, -0.05) is 57.2 Å². The van der Waals surface area contributed by atoms with E-state index in [0.717, 1.165) is 24.2 Å². The van der Waals surface area contributed by atoms with Crippen LogP contribution in [0.2, 0.25) is 0 Å². The summed E-state index contributed by atoms with van der Waals surface area (Å²) in [4.78, 5) is 25.7. The van der Waals surface area contributed by atoms with E-state index in [2.05, 4.69) is 49.7 Å². The monoisotopic (exact) mass is 542 g/mol. The Kier molecular flexibility index (Phi) is 16.9. The zero-order chi connectivity index (χ0) is 28.0. The van der Waals surface area contributed by atoms with Gasteiger partial charge in [0.25, 0.3) is 0 Å². The summed E-state index contributed by atoms with van der Waals surface area (Å²) in [6.07, 6.45) is 9.38. The standard InChI is InChI=1S/C28H46N8O3/c1-3-5-6-7-8-9-16-32-27-34-26(31-15-4-2)35-28(36-27)33-24-12-10-23(11-13-24)22-25(37)30-17-19-39-21-20-38-18-14-29/h4,10-13H,2-3,5-9,14-22,29H2,1H3,(H,30,37)(H3,31,32,33,34,35,36). The van der Waals surface area contributed by atoms with Gasteiger partial charge in [-0.15, -0.1) is 6.58 Å². The number of rotatable bonds is 23. The van der Waals surface area contributed by atoms with Crippen molar-refractivity contribution in [3.63, 3.8) is 0 Å². The van der Waals surface area contributed by atoms with Crippen molar-refractivity contribution < 1.29 is 14.3 Å². The Hall–Kier alpha value is -3.28. The van der Waals surface area contributed by atoms with Crippen LogP contribution < -0.4 is 27.0 Å². The predicted molar refractivity (Wildman–Crippen MR) is 158 cm³/mol. The van der Waals surface area contributed by atoms with Gasteiger partial charge < -0.3 is 36.5 Å². The summed E-state index contributed by atoms with van der Waals surface area (Å²) in [6.45, 7) is 10.2. The van der Waals surface area contributed by atoms with E-state index in [0.29, 0.717) is 63.9 Å². The van der Waals surface area contributed by atoms with Crippen LogP contribution in [-0.4, -0.2) is 73.5 Å². The fraction of sp³-hybridized carbons (Fsp3) is 0.571. The Balaban J connectivity index is 1.81. The average molecular weight is 543 g/mol. The summed E-state index contributed by atoms with van der Waals surface area (Å²) in [5, 5.41) is 12.5. The molecule has 11 heteroatoms. The minimum absolute atomic E-state index is 0.0600. The number of hydrogen-bond acceptors (Lipinski definition) is 10. The third-order valence-corrected chi connectivity index (χ3v) is 5.63. The van der Waals surface area contributed by atoms with Crippen molar-refractivity contribution in [3.8, 4) is 0 Å². The number of aromatic nitrogens is 3. The molecule has 1 amide bonds. The highest BCUT2D eigenvalue weighted by Crippen LogP contribution is 2.17. The molecule has 0 spiro atoms. The number of nitrogens with one attached hydrogen (secondary N) is 4. The van der Waals surface area contributed by atoms with Crippen molar-refractivity contribution >= 4 is 29.4 Å². The van der Waals surface area contributed by atoms with Gasteiger partial charge in [-0.2, -0.15) is 15.0 Å². The molecule has 0 unspecified atom stereocenters. The molecule has 0 fully saturated rings. The van der Waals surface area contributed by atoms with Crippen LogP contribution in [-0.2, 0) is 20.7 Å². The fourth-order valence-electron chi connectivity index (χ4n) is 3.61. The molecule has 0 saturated carbocycles. The molecule has 11 nitrogen and oxygen atoms in total. The van der Waals surface area contributed by atoms with Crippen LogP contribution in [0.4, 0.5) is 23.5 Å². The normalized spacial score (nSPS) is 10.7. The summed E-state index contributed by atoms with van der Waals surface area (Å²) in [7, 11) is 0. The molecule has 0 atom stereocenters. The molecule has 0 saturated heterocycles. The molecule has 1 aromatic carbocycles. The zero-order valence-corrected chi connectivity index (χ0v) is 23.3. The Morgan fingerprint density at radius 2 is 1.54 bits per heavy atom. The van der Waals surface area contributed by atoms with Crippen molar-refractivity contribution in [2.75, 3.05) is 68.6 Å². The number of carbonyl (C=O) groups is 1. The van der Waals surface area contributed by atoms with Gasteiger partial charge in [0.05, 0.1) is 32.8 Å². The smallest absolute Gasteiger partial charge is 0.233 e. The van der Waals surface area contributed by atoms with Crippen LogP contribution in [0, 0.1) is 0 Å². The third kappa shape index (κ3) is 15.0. The SMILES string of the molecule is C=CCNc1nc(NCCCCCCCC)nc(Nc2ccc(CC(=O)NCCOCCOCCN)cc2)n1. The number of amides is 1. The van der Waals surface area contributed by atoms with Crippen LogP contribution in [0.5, 0.6) is 0 Å². The maximum absolute atomic E-state index is 12.2. The van der Waals surface area contributed by atoms with Gasteiger partial charge in [0, 0.05) is 31.9 Å². The van der Waals surface area contributed by atoms with Crippen LogP contribution >= 0.6 is 0 Å². The second-order valence-electron chi connectivity index (χ2n) is 9.03. The first-order valence-corrected chi connectivity index (χ1v) is 14.0. The second kappa shape index (κ2) is 20.7. The molecule has 0 aliphatic heterocycles.